The maximum absolute atomic E-state index is 10.6. The molecule has 18 nitrogen and oxygen atoms in total. The Hall–Kier alpha value is -3.06. The van der Waals surface area contributed by atoms with Crippen LogP contribution in [-0.4, -0.2) is 87.1 Å². The predicted molar refractivity (Wildman–Crippen MR) is 123 cm³/mol. The third-order valence-corrected chi connectivity index (χ3v) is 6.52. The van der Waals surface area contributed by atoms with Crippen LogP contribution in [0.5, 0.6) is 0 Å². The van der Waals surface area contributed by atoms with Gasteiger partial charge in [-0.25, -0.2) is 14.4 Å². The number of aromatic carboxylic acids is 3. The minimum Gasteiger partial charge on any atom is -0.478 e. The molecule has 0 aromatic carbocycles. The van der Waals surface area contributed by atoms with E-state index in [4.69, 9.17) is 29.0 Å². The summed E-state index contributed by atoms with van der Waals surface area (Å²) in [6, 6.07) is 2.97. The van der Waals surface area contributed by atoms with Crippen LogP contribution in [0.1, 0.15) is 31.1 Å². The molecular formula is C18H15N3NdO15S3. The Balaban J connectivity index is 0.000000563. The summed E-state index contributed by atoms with van der Waals surface area (Å²) in [5.74, 6) is -4.31. The normalized spacial score (nSPS) is 10.9. The van der Waals surface area contributed by atoms with Crippen LogP contribution in [0.15, 0.2) is 70.1 Å². The second-order valence-electron chi connectivity index (χ2n) is 6.46. The minimum absolute atomic E-state index is 0. The van der Waals surface area contributed by atoms with Gasteiger partial charge in [0.2, 0.25) is 0 Å². The van der Waals surface area contributed by atoms with Crippen molar-refractivity contribution >= 4 is 48.3 Å². The van der Waals surface area contributed by atoms with E-state index in [0.717, 1.165) is 55.4 Å². The van der Waals surface area contributed by atoms with Gasteiger partial charge in [0.1, 0.15) is 14.7 Å². The Morgan fingerprint density at radius 3 is 0.825 bits per heavy atom. The van der Waals surface area contributed by atoms with Crippen molar-refractivity contribution in [2.45, 2.75) is 14.7 Å². The summed E-state index contributed by atoms with van der Waals surface area (Å²) in [5.41, 5.74) is -1.51. The number of hydrogen-bond donors (Lipinski definition) is 6. The van der Waals surface area contributed by atoms with Crippen molar-refractivity contribution in [3.05, 3.63) is 72.1 Å². The Kier molecular flexibility index (Phi) is 13.9. The van der Waals surface area contributed by atoms with E-state index in [9.17, 15) is 39.6 Å². The molecule has 0 aliphatic carbocycles. The van der Waals surface area contributed by atoms with Crippen molar-refractivity contribution in [1.82, 2.24) is 15.0 Å². The van der Waals surface area contributed by atoms with Crippen molar-refractivity contribution in [3.63, 3.8) is 0 Å². The number of nitrogens with zero attached hydrogens (tertiary/aromatic N) is 3. The number of carbonyl (C=O) groups is 3. The molecule has 6 N–H and O–H groups in total. The fraction of sp³-hybridized carbons (Fsp3) is 0. The molecule has 3 heterocycles. The van der Waals surface area contributed by atoms with Crippen LogP contribution < -0.4 is 0 Å². The van der Waals surface area contributed by atoms with Gasteiger partial charge >= 0.3 is 17.9 Å². The van der Waals surface area contributed by atoms with Crippen LogP contribution in [0.4, 0.5) is 0 Å². The van der Waals surface area contributed by atoms with Gasteiger partial charge in [-0.1, -0.05) is 0 Å². The first kappa shape index (κ1) is 36.9. The van der Waals surface area contributed by atoms with Crippen LogP contribution in [0, 0.1) is 40.8 Å². The molecule has 0 bridgehead atoms. The zero-order chi connectivity index (χ0) is 30.2. The molecule has 0 spiro atoms. The molecule has 3 rings (SSSR count). The van der Waals surface area contributed by atoms with E-state index in [1.165, 1.54) is 0 Å². The van der Waals surface area contributed by atoms with E-state index >= 15 is 0 Å². The summed E-state index contributed by atoms with van der Waals surface area (Å²) in [5, 5.41) is 25.6. The number of pyridine rings is 3. The molecule has 0 amide bonds. The first-order valence-electron chi connectivity index (χ1n) is 9.22. The SMILES string of the molecule is O=C(O)c1ccncc1S(=O)(=O)O.O=C(O)c1ccncc1S(=O)(=O)O.O=C(O)c1ccncc1S(=O)(=O)O.[Nd]. The Bertz CT molecular complexity index is 1520. The number of rotatable bonds is 6. The van der Waals surface area contributed by atoms with Gasteiger partial charge in [-0.2, -0.15) is 25.3 Å². The smallest absolute Gasteiger partial charge is 0.337 e. The zero-order valence-electron chi connectivity index (χ0n) is 19.1. The molecule has 0 saturated heterocycles. The van der Waals surface area contributed by atoms with Gasteiger partial charge in [-0.05, 0) is 18.2 Å². The summed E-state index contributed by atoms with van der Waals surface area (Å²) in [7, 11) is -13.6. The van der Waals surface area contributed by atoms with Crippen LogP contribution in [-0.2, 0) is 30.4 Å². The van der Waals surface area contributed by atoms with Gasteiger partial charge in [0, 0.05) is 78.0 Å². The number of carboxylic acids is 3. The monoisotopic (exact) mass is 751 g/mol. The topological polar surface area (TPSA) is 314 Å². The minimum atomic E-state index is -4.52. The van der Waals surface area contributed by atoms with E-state index in [1.807, 2.05) is 0 Å². The van der Waals surface area contributed by atoms with Gasteiger partial charge in [0.05, 0.1) is 16.7 Å². The molecule has 3 aromatic rings. The molecule has 0 aliphatic heterocycles. The van der Waals surface area contributed by atoms with E-state index in [1.54, 1.807) is 0 Å². The van der Waals surface area contributed by atoms with Crippen molar-refractivity contribution in [2.24, 2.45) is 0 Å². The molecule has 214 valence electrons. The maximum atomic E-state index is 10.6. The zero-order valence-corrected chi connectivity index (χ0v) is 24.8. The Labute approximate surface area is 257 Å². The molecule has 22 heteroatoms. The van der Waals surface area contributed by atoms with Crippen LogP contribution in [0.3, 0.4) is 0 Å². The first-order valence-corrected chi connectivity index (χ1v) is 13.5. The summed E-state index contributed by atoms with van der Waals surface area (Å²) in [4.78, 5) is 39.5. The molecule has 0 unspecified atom stereocenters. The number of hydrogen-bond acceptors (Lipinski definition) is 12. The molecule has 0 radical (unpaired) electrons. The third-order valence-electron chi connectivity index (χ3n) is 3.88. The third kappa shape index (κ3) is 11.2. The van der Waals surface area contributed by atoms with Crippen LogP contribution in [0.25, 0.3) is 0 Å². The van der Waals surface area contributed by atoms with Crippen molar-refractivity contribution in [1.29, 1.82) is 0 Å². The molecule has 0 atom stereocenters. The Morgan fingerprint density at radius 2 is 0.700 bits per heavy atom. The van der Waals surface area contributed by atoms with Gasteiger partial charge in [-0.3, -0.25) is 28.6 Å². The van der Waals surface area contributed by atoms with Gasteiger partial charge < -0.3 is 15.3 Å². The van der Waals surface area contributed by atoms with Crippen LogP contribution in [0.2, 0.25) is 0 Å². The van der Waals surface area contributed by atoms with E-state index in [0.29, 0.717) is 0 Å². The fourth-order valence-electron chi connectivity index (χ4n) is 2.29. The standard InChI is InChI=1S/3C6H5NO5S.Nd/c3*8-6(9)4-1-2-7-3-5(4)13(10,11)12;/h3*1-3H,(H,8,9)(H,10,11,12);. The van der Waals surface area contributed by atoms with Crippen molar-refractivity contribution in [3.8, 4) is 0 Å². The number of carboxylic acid groups (broad SMARTS) is 3. The predicted octanol–water partition coefficient (Wildman–Crippen LogP) is 0.0795. The molecular weight excluding hydrogens is 739 g/mol. The van der Waals surface area contributed by atoms with E-state index in [2.05, 4.69) is 15.0 Å². The van der Waals surface area contributed by atoms with Gasteiger partial charge in [0.25, 0.3) is 30.4 Å². The molecule has 0 aliphatic rings. The van der Waals surface area contributed by atoms with Crippen LogP contribution >= 0.6 is 0 Å². The summed E-state index contributed by atoms with van der Waals surface area (Å²) < 4.78 is 89.4. The largest absolute Gasteiger partial charge is 0.478 e. The maximum Gasteiger partial charge on any atom is 0.337 e. The fourth-order valence-corrected chi connectivity index (χ4v) is 4.17. The second kappa shape index (κ2) is 15.1. The van der Waals surface area contributed by atoms with Gasteiger partial charge in [-0.15, -0.1) is 0 Å². The second-order valence-corrected chi connectivity index (χ2v) is 10.6. The summed E-state index contributed by atoms with van der Waals surface area (Å²) in [6.07, 6.45) is 5.70. The van der Waals surface area contributed by atoms with E-state index < -0.39 is 79.6 Å². The average Bonchev–Trinajstić information content (AvgIpc) is 2.83. The average molecular weight is 754 g/mol. The summed E-state index contributed by atoms with van der Waals surface area (Å²) in [6.45, 7) is 0. The Morgan fingerprint density at radius 1 is 0.500 bits per heavy atom. The first-order chi connectivity index (χ1) is 17.8. The van der Waals surface area contributed by atoms with Crippen molar-refractivity contribution < 1.29 is 109 Å². The summed E-state index contributed by atoms with van der Waals surface area (Å²) >= 11 is 0. The van der Waals surface area contributed by atoms with Gasteiger partial charge in [0.15, 0.2) is 0 Å². The molecule has 0 fully saturated rings. The van der Waals surface area contributed by atoms with E-state index in [-0.39, 0.29) is 40.8 Å². The molecule has 3 aromatic heterocycles. The number of aromatic nitrogens is 3. The quantitative estimate of drug-likeness (QED) is 0.182. The molecule has 0 saturated carbocycles. The molecule has 40 heavy (non-hydrogen) atoms. The van der Waals surface area contributed by atoms with Crippen molar-refractivity contribution in [2.75, 3.05) is 0 Å².